The summed E-state index contributed by atoms with van der Waals surface area (Å²) in [5.74, 6) is 1.71. The Kier molecular flexibility index (Phi) is 4.33. The van der Waals surface area contributed by atoms with E-state index in [2.05, 4.69) is 28.2 Å². The second-order valence-corrected chi connectivity index (χ2v) is 8.00. The lowest BCUT2D eigenvalue weighted by atomic mass is 9.63. The van der Waals surface area contributed by atoms with Gasteiger partial charge in [0, 0.05) is 43.5 Å². The lowest BCUT2D eigenvalue weighted by Gasteiger charge is -2.52. The van der Waals surface area contributed by atoms with Crippen LogP contribution in [0.15, 0.2) is 24.5 Å². The third-order valence-corrected chi connectivity index (χ3v) is 6.87. The van der Waals surface area contributed by atoms with E-state index in [1.54, 1.807) is 0 Å². The minimum absolute atomic E-state index is 0.180. The zero-order valence-corrected chi connectivity index (χ0v) is 14.7. The van der Waals surface area contributed by atoms with Crippen molar-refractivity contribution in [2.75, 3.05) is 6.54 Å². The van der Waals surface area contributed by atoms with Crippen LogP contribution in [0.25, 0.3) is 0 Å². The summed E-state index contributed by atoms with van der Waals surface area (Å²) in [6, 6.07) is 4.69. The van der Waals surface area contributed by atoms with Gasteiger partial charge in [-0.15, -0.1) is 0 Å². The standard InChI is InChI=1S/C20H29N3O/c1-15-17-6-2-7-19(24)23-12-4-9-20(17,23)10-8-18(15)22-14-16-5-3-11-21-13-16/h3,5,11,13,15,17-18,22H,2,4,6-10,12,14H2,1H3/t15-,17+,18-,20-/m1/s1. The van der Waals surface area contributed by atoms with Crippen LogP contribution in [0.1, 0.15) is 57.4 Å². The summed E-state index contributed by atoms with van der Waals surface area (Å²) in [5.41, 5.74) is 1.43. The molecule has 0 aromatic carbocycles. The van der Waals surface area contributed by atoms with Crippen LogP contribution in [-0.4, -0.2) is 33.9 Å². The Balaban J connectivity index is 1.49. The molecule has 1 aromatic rings. The molecule has 1 aliphatic carbocycles. The molecule has 130 valence electrons. The molecule has 4 rings (SSSR count). The summed E-state index contributed by atoms with van der Waals surface area (Å²) in [7, 11) is 0. The average Bonchev–Trinajstić information content (AvgIpc) is 2.97. The maximum absolute atomic E-state index is 12.5. The van der Waals surface area contributed by atoms with Gasteiger partial charge in [0.15, 0.2) is 0 Å². The number of nitrogens with zero attached hydrogens (tertiary/aromatic N) is 2. The van der Waals surface area contributed by atoms with E-state index in [1.165, 1.54) is 37.7 Å². The third kappa shape index (κ3) is 2.65. The molecule has 0 bridgehead atoms. The Bertz CT molecular complexity index is 590. The molecule has 1 saturated carbocycles. The normalized spacial score (nSPS) is 36.1. The Morgan fingerprint density at radius 2 is 2.25 bits per heavy atom. The summed E-state index contributed by atoms with van der Waals surface area (Å²) in [6.45, 7) is 4.31. The van der Waals surface area contributed by atoms with Crippen LogP contribution in [0.3, 0.4) is 0 Å². The molecule has 1 spiro atoms. The molecule has 4 atom stereocenters. The number of rotatable bonds is 3. The van der Waals surface area contributed by atoms with Gasteiger partial charge in [0.05, 0.1) is 0 Å². The molecule has 1 amide bonds. The molecule has 24 heavy (non-hydrogen) atoms. The predicted molar refractivity (Wildman–Crippen MR) is 94.3 cm³/mol. The highest BCUT2D eigenvalue weighted by molar-refractivity contribution is 5.78. The average molecular weight is 327 g/mol. The number of aromatic nitrogens is 1. The SMILES string of the molecule is C[C@H]1[C@H](NCc2cccnc2)CC[C@@]23CCCN2C(=O)CCC[C@@H]13. The van der Waals surface area contributed by atoms with E-state index in [1.807, 2.05) is 18.5 Å². The fourth-order valence-electron chi connectivity index (χ4n) is 5.72. The van der Waals surface area contributed by atoms with E-state index in [4.69, 9.17) is 0 Å². The predicted octanol–water partition coefficient (Wildman–Crippen LogP) is 3.13. The molecule has 4 heteroatoms. The molecule has 4 nitrogen and oxygen atoms in total. The molecular formula is C20H29N3O. The number of nitrogens with one attached hydrogen (secondary N) is 1. The Labute approximate surface area is 145 Å². The summed E-state index contributed by atoms with van der Waals surface area (Å²) < 4.78 is 0. The van der Waals surface area contributed by atoms with E-state index >= 15 is 0 Å². The molecule has 2 aliphatic heterocycles. The molecule has 2 saturated heterocycles. The number of carbonyl (C=O) groups excluding carboxylic acids is 1. The van der Waals surface area contributed by atoms with E-state index in [0.29, 0.717) is 23.8 Å². The highest BCUT2D eigenvalue weighted by atomic mass is 16.2. The molecule has 0 unspecified atom stereocenters. The zero-order valence-electron chi connectivity index (χ0n) is 14.7. The van der Waals surface area contributed by atoms with Gasteiger partial charge in [-0.25, -0.2) is 0 Å². The monoisotopic (exact) mass is 327 g/mol. The molecule has 1 N–H and O–H groups in total. The van der Waals surface area contributed by atoms with Gasteiger partial charge < -0.3 is 10.2 Å². The van der Waals surface area contributed by atoms with Gasteiger partial charge >= 0.3 is 0 Å². The number of pyridine rings is 1. The van der Waals surface area contributed by atoms with Crippen molar-refractivity contribution in [2.45, 2.75) is 70.0 Å². The van der Waals surface area contributed by atoms with Gasteiger partial charge in [0.2, 0.25) is 5.91 Å². The van der Waals surface area contributed by atoms with Crippen LogP contribution in [-0.2, 0) is 11.3 Å². The first kappa shape index (κ1) is 16.1. The first-order valence-electron chi connectivity index (χ1n) is 9.63. The Hall–Kier alpha value is -1.42. The first-order chi connectivity index (χ1) is 11.7. The summed E-state index contributed by atoms with van der Waals surface area (Å²) in [6.07, 6.45) is 11.6. The van der Waals surface area contributed by atoms with Gasteiger partial charge in [-0.3, -0.25) is 9.78 Å². The fraction of sp³-hybridized carbons (Fsp3) is 0.700. The van der Waals surface area contributed by atoms with Crippen molar-refractivity contribution < 1.29 is 4.79 Å². The van der Waals surface area contributed by atoms with Crippen LogP contribution >= 0.6 is 0 Å². The van der Waals surface area contributed by atoms with Gasteiger partial charge in [0.1, 0.15) is 0 Å². The number of carbonyl (C=O) groups is 1. The summed E-state index contributed by atoms with van der Waals surface area (Å²) in [4.78, 5) is 19.0. The lowest BCUT2D eigenvalue weighted by Crippen LogP contribution is -2.59. The van der Waals surface area contributed by atoms with Crippen molar-refractivity contribution in [3.8, 4) is 0 Å². The van der Waals surface area contributed by atoms with Crippen molar-refractivity contribution in [1.82, 2.24) is 15.2 Å². The van der Waals surface area contributed by atoms with Gasteiger partial charge in [-0.2, -0.15) is 0 Å². The molecule has 0 radical (unpaired) electrons. The maximum atomic E-state index is 12.5. The van der Waals surface area contributed by atoms with Gasteiger partial charge in [0.25, 0.3) is 0 Å². The minimum Gasteiger partial charge on any atom is -0.337 e. The summed E-state index contributed by atoms with van der Waals surface area (Å²) in [5, 5.41) is 3.79. The van der Waals surface area contributed by atoms with E-state index in [9.17, 15) is 4.79 Å². The quantitative estimate of drug-likeness (QED) is 0.928. The van der Waals surface area contributed by atoms with Crippen LogP contribution in [0.4, 0.5) is 0 Å². The third-order valence-electron chi connectivity index (χ3n) is 6.87. The topological polar surface area (TPSA) is 45.2 Å². The van der Waals surface area contributed by atoms with Crippen LogP contribution in [0.5, 0.6) is 0 Å². The van der Waals surface area contributed by atoms with E-state index in [0.717, 1.165) is 25.9 Å². The maximum Gasteiger partial charge on any atom is 0.223 e. The highest BCUT2D eigenvalue weighted by Gasteiger charge is 2.54. The number of hydrogen-bond acceptors (Lipinski definition) is 3. The summed E-state index contributed by atoms with van der Waals surface area (Å²) >= 11 is 0. The molecular weight excluding hydrogens is 298 g/mol. The lowest BCUT2D eigenvalue weighted by molar-refractivity contribution is -0.138. The van der Waals surface area contributed by atoms with Crippen molar-refractivity contribution in [3.05, 3.63) is 30.1 Å². The molecule has 1 aromatic heterocycles. The van der Waals surface area contributed by atoms with Crippen LogP contribution in [0.2, 0.25) is 0 Å². The van der Waals surface area contributed by atoms with Crippen molar-refractivity contribution in [1.29, 1.82) is 0 Å². The largest absolute Gasteiger partial charge is 0.337 e. The molecule has 3 fully saturated rings. The van der Waals surface area contributed by atoms with E-state index in [-0.39, 0.29) is 5.54 Å². The second-order valence-electron chi connectivity index (χ2n) is 8.00. The van der Waals surface area contributed by atoms with Crippen LogP contribution in [0, 0.1) is 11.8 Å². The highest BCUT2D eigenvalue weighted by Crippen LogP contribution is 2.51. The van der Waals surface area contributed by atoms with Crippen molar-refractivity contribution >= 4 is 5.91 Å². The Morgan fingerprint density at radius 1 is 1.33 bits per heavy atom. The number of amides is 1. The molecule has 3 heterocycles. The Morgan fingerprint density at radius 3 is 3.08 bits per heavy atom. The second kappa shape index (κ2) is 6.47. The smallest absolute Gasteiger partial charge is 0.223 e. The zero-order chi connectivity index (χ0) is 16.6. The molecule has 3 aliphatic rings. The van der Waals surface area contributed by atoms with Crippen molar-refractivity contribution in [3.63, 3.8) is 0 Å². The minimum atomic E-state index is 0.180. The van der Waals surface area contributed by atoms with Gasteiger partial charge in [-0.1, -0.05) is 13.0 Å². The number of hydrogen-bond donors (Lipinski definition) is 1. The van der Waals surface area contributed by atoms with Crippen molar-refractivity contribution in [2.24, 2.45) is 11.8 Å². The first-order valence-corrected chi connectivity index (χ1v) is 9.63. The fourth-order valence-corrected chi connectivity index (χ4v) is 5.72. The van der Waals surface area contributed by atoms with Gasteiger partial charge in [-0.05, 0) is 62.0 Å². The van der Waals surface area contributed by atoms with Crippen LogP contribution < -0.4 is 5.32 Å². The van der Waals surface area contributed by atoms with E-state index < -0.39 is 0 Å².